The van der Waals surface area contributed by atoms with Crippen LogP contribution in [0.1, 0.15) is 20.3 Å². The molecule has 0 aromatic carbocycles. The van der Waals surface area contributed by atoms with Gasteiger partial charge in [0.25, 0.3) is 0 Å². The molecule has 2 amide bonds. The van der Waals surface area contributed by atoms with Crippen molar-refractivity contribution in [2.75, 3.05) is 0 Å². The molecule has 10 heavy (non-hydrogen) atoms. The molecular weight excluding hydrogens is 128 g/mol. The summed E-state index contributed by atoms with van der Waals surface area (Å²) in [6.07, 6.45) is 2.29. The van der Waals surface area contributed by atoms with E-state index < -0.39 is 0 Å². The fourth-order valence-electron chi connectivity index (χ4n) is 0.460. The molecule has 0 aromatic rings. The fourth-order valence-corrected chi connectivity index (χ4v) is 0.460. The topological polar surface area (TPSA) is 41.1 Å². The Labute approximate surface area is 61.5 Å². The van der Waals surface area contributed by atoms with Gasteiger partial charge >= 0.3 is 6.03 Å². The van der Waals surface area contributed by atoms with Crippen LogP contribution >= 0.6 is 0 Å². The van der Waals surface area contributed by atoms with E-state index in [9.17, 15) is 4.79 Å². The summed E-state index contributed by atoms with van der Waals surface area (Å²) in [5.74, 6) is 0. The van der Waals surface area contributed by atoms with E-state index in [2.05, 4.69) is 17.2 Å². The molecule has 0 aliphatic carbocycles. The van der Waals surface area contributed by atoms with Crippen LogP contribution in [-0.4, -0.2) is 12.1 Å². The third kappa shape index (κ3) is 3.95. The van der Waals surface area contributed by atoms with Gasteiger partial charge in [-0.1, -0.05) is 13.5 Å². The van der Waals surface area contributed by atoms with Crippen LogP contribution < -0.4 is 10.6 Å². The lowest BCUT2D eigenvalue weighted by molar-refractivity contribution is 0.241. The van der Waals surface area contributed by atoms with E-state index >= 15 is 0 Å². The lowest BCUT2D eigenvalue weighted by Gasteiger charge is -2.09. The van der Waals surface area contributed by atoms with Crippen molar-refractivity contribution in [3.05, 3.63) is 12.8 Å². The Kier molecular flexibility index (Phi) is 4.37. The molecule has 0 saturated carbocycles. The first-order chi connectivity index (χ1) is 4.70. The molecule has 0 aliphatic rings. The van der Waals surface area contributed by atoms with Gasteiger partial charge in [0.1, 0.15) is 0 Å². The molecule has 0 saturated heterocycles. The van der Waals surface area contributed by atoms with Crippen molar-refractivity contribution in [1.29, 1.82) is 0 Å². The summed E-state index contributed by atoms with van der Waals surface area (Å²) in [5.41, 5.74) is 0. The van der Waals surface area contributed by atoms with Gasteiger partial charge in [-0.15, -0.1) is 0 Å². The monoisotopic (exact) mass is 142 g/mol. The van der Waals surface area contributed by atoms with E-state index in [1.54, 1.807) is 0 Å². The zero-order valence-corrected chi connectivity index (χ0v) is 6.48. The summed E-state index contributed by atoms with van der Waals surface area (Å²) < 4.78 is 0. The van der Waals surface area contributed by atoms with Crippen LogP contribution in [0.2, 0.25) is 0 Å². The maximum atomic E-state index is 10.7. The lowest BCUT2D eigenvalue weighted by atomic mass is 10.3. The van der Waals surface area contributed by atoms with Crippen LogP contribution in [0.4, 0.5) is 4.79 Å². The molecule has 0 fully saturated rings. The summed E-state index contributed by atoms with van der Waals surface area (Å²) in [6, 6.07) is 0.0318. The quantitative estimate of drug-likeness (QED) is 0.611. The molecule has 0 spiro atoms. The molecular formula is C7H14N2O. The minimum absolute atomic E-state index is 0.190. The van der Waals surface area contributed by atoms with Gasteiger partial charge in [-0.05, 0) is 19.5 Å². The zero-order chi connectivity index (χ0) is 7.98. The van der Waals surface area contributed by atoms with E-state index in [0.717, 1.165) is 6.42 Å². The molecule has 0 radical (unpaired) electrons. The van der Waals surface area contributed by atoms with Gasteiger partial charge in [-0.25, -0.2) is 4.79 Å². The average molecular weight is 142 g/mol. The van der Waals surface area contributed by atoms with E-state index in [0.29, 0.717) is 0 Å². The zero-order valence-electron chi connectivity index (χ0n) is 6.48. The summed E-state index contributed by atoms with van der Waals surface area (Å²) in [5, 5.41) is 5.13. The van der Waals surface area contributed by atoms with Crippen LogP contribution in [0.5, 0.6) is 0 Å². The number of amides is 2. The first-order valence-electron chi connectivity index (χ1n) is 3.38. The van der Waals surface area contributed by atoms with Crippen LogP contribution in [0.3, 0.4) is 0 Å². The minimum atomic E-state index is -0.190. The Morgan fingerprint density at radius 1 is 1.80 bits per heavy atom. The molecule has 3 nitrogen and oxygen atoms in total. The maximum Gasteiger partial charge on any atom is 0.318 e. The normalized spacial score (nSPS) is 11.8. The van der Waals surface area contributed by atoms with Crippen LogP contribution in [0.25, 0.3) is 0 Å². The molecule has 2 N–H and O–H groups in total. The lowest BCUT2D eigenvalue weighted by Crippen LogP contribution is -2.37. The van der Waals surface area contributed by atoms with Gasteiger partial charge in [0.15, 0.2) is 0 Å². The predicted octanol–water partition coefficient (Wildman–Crippen LogP) is 1.23. The molecule has 58 valence electrons. The Bertz CT molecular complexity index is 123. The Hall–Kier alpha value is -0.990. The number of hydrogen-bond donors (Lipinski definition) is 2. The van der Waals surface area contributed by atoms with E-state index in [-0.39, 0.29) is 12.1 Å². The van der Waals surface area contributed by atoms with Gasteiger partial charge in [0.05, 0.1) is 0 Å². The minimum Gasteiger partial charge on any atom is -0.335 e. The number of carbonyl (C=O) groups is 1. The van der Waals surface area contributed by atoms with Crippen molar-refractivity contribution in [1.82, 2.24) is 10.6 Å². The molecule has 0 bridgehead atoms. The fraction of sp³-hybridized carbons (Fsp3) is 0.571. The van der Waals surface area contributed by atoms with Gasteiger partial charge in [-0.3, -0.25) is 0 Å². The predicted molar refractivity (Wildman–Crippen MR) is 41.6 cm³/mol. The first kappa shape index (κ1) is 9.01. The summed E-state index contributed by atoms with van der Waals surface area (Å²) in [7, 11) is 0. The summed E-state index contributed by atoms with van der Waals surface area (Å²) in [4.78, 5) is 10.7. The Balaban J connectivity index is 3.46. The third-order valence-corrected chi connectivity index (χ3v) is 1.22. The highest BCUT2D eigenvalue weighted by molar-refractivity contribution is 5.75. The van der Waals surface area contributed by atoms with E-state index in [4.69, 9.17) is 0 Å². The SMILES string of the molecule is C=CNC(=O)NC(C)CC. The average Bonchev–Trinajstić information content (AvgIpc) is 1.88. The van der Waals surface area contributed by atoms with Crippen molar-refractivity contribution in [3.8, 4) is 0 Å². The summed E-state index contributed by atoms with van der Waals surface area (Å²) in [6.45, 7) is 7.32. The van der Waals surface area contributed by atoms with Gasteiger partial charge < -0.3 is 10.6 Å². The van der Waals surface area contributed by atoms with Crippen LogP contribution in [-0.2, 0) is 0 Å². The number of carbonyl (C=O) groups excluding carboxylic acids is 1. The Morgan fingerprint density at radius 3 is 2.80 bits per heavy atom. The van der Waals surface area contributed by atoms with Crippen molar-refractivity contribution in [2.45, 2.75) is 26.3 Å². The standard InChI is InChI=1S/C7H14N2O/c1-4-6(3)9-7(10)8-5-2/h5-6H,2,4H2,1,3H3,(H2,8,9,10). The van der Waals surface area contributed by atoms with Crippen LogP contribution in [0, 0.1) is 0 Å². The first-order valence-corrected chi connectivity index (χ1v) is 3.38. The maximum absolute atomic E-state index is 10.7. The van der Waals surface area contributed by atoms with Crippen molar-refractivity contribution < 1.29 is 4.79 Å². The Morgan fingerprint density at radius 2 is 2.40 bits per heavy atom. The number of rotatable bonds is 3. The number of nitrogens with one attached hydrogen (secondary N) is 2. The van der Waals surface area contributed by atoms with Gasteiger partial charge in [-0.2, -0.15) is 0 Å². The van der Waals surface area contributed by atoms with Crippen LogP contribution in [0.15, 0.2) is 12.8 Å². The van der Waals surface area contributed by atoms with Gasteiger partial charge in [0, 0.05) is 6.04 Å². The highest BCUT2D eigenvalue weighted by Gasteiger charge is 2.00. The smallest absolute Gasteiger partial charge is 0.318 e. The molecule has 0 rings (SSSR count). The molecule has 1 atom stereocenters. The highest BCUT2D eigenvalue weighted by atomic mass is 16.2. The second-order valence-corrected chi connectivity index (χ2v) is 2.13. The largest absolute Gasteiger partial charge is 0.335 e. The molecule has 0 heterocycles. The second-order valence-electron chi connectivity index (χ2n) is 2.13. The van der Waals surface area contributed by atoms with Crippen molar-refractivity contribution in [2.24, 2.45) is 0 Å². The number of urea groups is 1. The van der Waals surface area contributed by atoms with E-state index in [1.165, 1.54) is 6.20 Å². The molecule has 0 aliphatic heterocycles. The van der Waals surface area contributed by atoms with Gasteiger partial charge in [0.2, 0.25) is 0 Å². The molecule has 1 unspecified atom stereocenters. The molecule has 3 heteroatoms. The second kappa shape index (κ2) is 4.85. The highest BCUT2D eigenvalue weighted by Crippen LogP contribution is 1.85. The third-order valence-electron chi connectivity index (χ3n) is 1.22. The molecule has 0 aromatic heterocycles. The van der Waals surface area contributed by atoms with Crippen molar-refractivity contribution in [3.63, 3.8) is 0 Å². The summed E-state index contributed by atoms with van der Waals surface area (Å²) >= 11 is 0. The number of hydrogen-bond acceptors (Lipinski definition) is 1. The van der Waals surface area contributed by atoms with E-state index in [1.807, 2.05) is 13.8 Å². The van der Waals surface area contributed by atoms with Crippen molar-refractivity contribution >= 4 is 6.03 Å².